The van der Waals surface area contributed by atoms with Crippen LogP contribution in [0.5, 0.6) is 0 Å². The van der Waals surface area contributed by atoms with Crippen LogP contribution in [0.1, 0.15) is 24.0 Å². The Kier molecular flexibility index (Phi) is 3.60. The second-order valence-electron chi connectivity index (χ2n) is 5.12. The van der Waals surface area contributed by atoms with Crippen molar-refractivity contribution < 1.29 is 0 Å². The quantitative estimate of drug-likeness (QED) is 0.653. The maximum Gasteiger partial charge on any atom is 0.136 e. The monoisotopic (exact) mass is 297 g/mol. The van der Waals surface area contributed by atoms with Gasteiger partial charge in [-0.2, -0.15) is 0 Å². The van der Waals surface area contributed by atoms with Gasteiger partial charge in [-0.05, 0) is 32.0 Å². The molecule has 0 aliphatic carbocycles. The van der Waals surface area contributed by atoms with E-state index in [9.17, 15) is 0 Å². The first-order valence-corrected chi connectivity index (χ1v) is 7.37. The molecule has 0 spiro atoms. The number of pyridine rings is 1. The molecule has 2 heterocycles. The summed E-state index contributed by atoms with van der Waals surface area (Å²) in [7, 11) is 0. The minimum atomic E-state index is 0.527. The van der Waals surface area contributed by atoms with Crippen molar-refractivity contribution in [1.82, 2.24) is 15.0 Å². The van der Waals surface area contributed by atoms with Crippen molar-refractivity contribution in [2.24, 2.45) is 0 Å². The van der Waals surface area contributed by atoms with Gasteiger partial charge < -0.3 is 0 Å². The summed E-state index contributed by atoms with van der Waals surface area (Å²) in [6.45, 7) is 5.97. The zero-order valence-corrected chi connectivity index (χ0v) is 13.1. The molecule has 4 heteroatoms. The van der Waals surface area contributed by atoms with Crippen LogP contribution < -0.4 is 0 Å². The molecule has 0 saturated heterocycles. The van der Waals surface area contributed by atoms with E-state index in [-0.39, 0.29) is 0 Å². The summed E-state index contributed by atoms with van der Waals surface area (Å²) < 4.78 is 0. The number of hydrogen-bond acceptors (Lipinski definition) is 3. The smallest absolute Gasteiger partial charge is 0.136 e. The Morgan fingerprint density at radius 1 is 1.00 bits per heavy atom. The highest BCUT2D eigenvalue weighted by Crippen LogP contribution is 2.28. The third-order valence-corrected chi connectivity index (χ3v) is 3.92. The molecule has 3 aromatic rings. The molecule has 3 nitrogen and oxygen atoms in total. The second kappa shape index (κ2) is 5.41. The van der Waals surface area contributed by atoms with Gasteiger partial charge in [0.05, 0.1) is 11.2 Å². The fourth-order valence-corrected chi connectivity index (χ4v) is 2.53. The van der Waals surface area contributed by atoms with E-state index in [0.29, 0.717) is 5.15 Å². The highest BCUT2D eigenvalue weighted by Gasteiger charge is 2.11. The van der Waals surface area contributed by atoms with E-state index in [1.54, 1.807) is 0 Å². The van der Waals surface area contributed by atoms with E-state index in [2.05, 4.69) is 27.1 Å². The van der Waals surface area contributed by atoms with Crippen molar-refractivity contribution in [3.63, 3.8) is 0 Å². The second-order valence-corrected chi connectivity index (χ2v) is 5.48. The van der Waals surface area contributed by atoms with Crippen LogP contribution in [-0.2, 0) is 6.42 Å². The summed E-state index contributed by atoms with van der Waals surface area (Å²) in [5, 5.41) is 1.63. The SMILES string of the molecule is CCc1nc(Cl)c(C)c(-c2ccc3nc(C)ccc3c2)n1. The van der Waals surface area contributed by atoms with Gasteiger partial charge in [-0.25, -0.2) is 9.97 Å². The van der Waals surface area contributed by atoms with E-state index in [1.165, 1.54) is 0 Å². The minimum absolute atomic E-state index is 0.527. The number of hydrogen-bond donors (Lipinski definition) is 0. The lowest BCUT2D eigenvalue weighted by molar-refractivity contribution is 0.934. The predicted molar refractivity (Wildman–Crippen MR) is 86.6 cm³/mol. The molecule has 1 aromatic carbocycles. The summed E-state index contributed by atoms with van der Waals surface area (Å²) >= 11 is 6.22. The molecule has 0 bridgehead atoms. The Hall–Kier alpha value is -2.00. The molecule has 0 saturated carbocycles. The van der Waals surface area contributed by atoms with Crippen molar-refractivity contribution in [3.05, 3.63) is 52.6 Å². The van der Waals surface area contributed by atoms with Crippen molar-refractivity contribution in [2.75, 3.05) is 0 Å². The first kappa shape index (κ1) is 14.0. The molecule has 3 rings (SSSR count). The average Bonchev–Trinajstić information content (AvgIpc) is 2.49. The maximum atomic E-state index is 6.22. The molecule has 0 aliphatic rings. The minimum Gasteiger partial charge on any atom is -0.253 e. The molecule has 0 atom stereocenters. The van der Waals surface area contributed by atoms with Crippen LogP contribution >= 0.6 is 11.6 Å². The van der Waals surface area contributed by atoms with Gasteiger partial charge in [0, 0.05) is 28.6 Å². The van der Waals surface area contributed by atoms with Gasteiger partial charge in [0.2, 0.25) is 0 Å². The van der Waals surface area contributed by atoms with Gasteiger partial charge in [-0.15, -0.1) is 0 Å². The number of rotatable bonds is 2. The largest absolute Gasteiger partial charge is 0.253 e. The topological polar surface area (TPSA) is 38.7 Å². The fraction of sp³-hybridized carbons (Fsp3) is 0.235. The van der Waals surface area contributed by atoms with Gasteiger partial charge >= 0.3 is 0 Å². The van der Waals surface area contributed by atoms with Gasteiger partial charge in [0.15, 0.2) is 0 Å². The summed E-state index contributed by atoms with van der Waals surface area (Å²) in [5.74, 6) is 0.766. The first-order chi connectivity index (χ1) is 10.1. The van der Waals surface area contributed by atoms with Crippen molar-refractivity contribution in [1.29, 1.82) is 0 Å². The van der Waals surface area contributed by atoms with Crippen molar-refractivity contribution >= 4 is 22.5 Å². The lowest BCUT2D eigenvalue weighted by Gasteiger charge is -2.09. The number of fused-ring (bicyclic) bond motifs is 1. The van der Waals surface area contributed by atoms with Crippen molar-refractivity contribution in [3.8, 4) is 11.3 Å². The maximum absolute atomic E-state index is 6.22. The molecule has 21 heavy (non-hydrogen) atoms. The molecule has 2 aromatic heterocycles. The van der Waals surface area contributed by atoms with Gasteiger partial charge in [0.1, 0.15) is 11.0 Å². The Labute approximate surface area is 129 Å². The Balaban J connectivity index is 2.20. The van der Waals surface area contributed by atoms with Crippen LogP contribution in [-0.4, -0.2) is 15.0 Å². The molecule has 0 amide bonds. The lowest BCUT2D eigenvalue weighted by Crippen LogP contribution is -1.99. The third-order valence-electron chi connectivity index (χ3n) is 3.55. The van der Waals surface area contributed by atoms with E-state index in [4.69, 9.17) is 11.6 Å². The van der Waals surface area contributed by atoms with E-state index in [0.717, 1.165) is 45.7 Å². The molecule has 0 fully saturated rings. The van der Waals surface area contributed by atoms with E-state index in [1.807, 2.05) is 39.0 Å². The van der Waals surface area contributed by atoms with Gasteiger partial charge in [0.25, 0.3) is 0 Å². The van der Waals surface area contributed by atoms with Gasteiger partial charge in [-0.3, -0.25) is 4.98 Å². The zero-order valence-electron chi connectivity index (χ0n) is 12.3. The number of halogens is 1. The molecule has 106 valence electrons. The van der Waals surface area contributed by atoms with Gasteiger partial charge in [-0.1, -0.05) is 30.7 Å². The molecule has 0 aliphatic heterocycles. The van der Waals surface area contributed by atoms with Crippen LogP contribution in [0.25, 0.3) is 22.2 Å². The first-order valence-electron chi connectivity index (χ1n) is 6.99. The van der Waals surface area contributed by atoms with Crippen LogP contribution in [0.2, 0.25) is 5.15 Å². The number of aromatic nitrogens is 3. The summed E-state index contributed by atoms with van der Waals surface area (Å²) in [6, 6.07) is 10.3. The number of benzene rings is 1. The molecular formula is C17H16ClN3. The Bertz CT molecular complexity index is 828. The van der Waals surface area contributed by atoms with Crippen LogP contribution in [0.3, 0.4) is 0 Å². The molecular weight excluding hydrogens is 282 g/mol. The summed E-state index contributed by atoms with van der Waals surface area (Å²) in [5.41, 5.74) is 4.87. The Morgan fingerprint density at radius 3 is 2.57 bits per heavy atom. The van der Waals surface area contributed by atoms with Crippen molar-refractivity contribution in [2.45, 2.75) is 27.2 Å². The zero-order chi connectivity index (χ0) is 15.0. The highest BCUT2D eigenvalue weighted by atomic mass is 35.5. The van der Waals surface area contributed by atoms with Crippen LogP contribution in [0.15, 0.2) is 30.3 Å². The summed E-state index contributed by atoms with van der Waals surface area (Å²) in [6.07, 6.45) is 0.765. The van der Waals surface area contributed by atoms with Crippen LogP contribution in [0.4, 0.5) is 0 Å². The summed E-state index contributed by atoms with van der Waals surface area (Å²) in [4.78, 5) is 13.4. The Morgan fingerprint density at radius 2 is 1.81 bits per heavy atom. The molecule has 0 unspecified atom stereocenters. The predicted octanol–water partition coefficient (Wildman–Crippen LogP) is 4.52. The van der Waals surface area contributed by atoms with E-state index >= 15 is 0 Å². The normalized spacial score (nSPS) is 11.0. The fourth-order valence-electron chi connectivity index (χ4n) is 2.35. The molecule has 0 N–H and O–H groups in total. The lowest BCUT2D eigenvalue weighted by atomic mass is 10.0. The highest BCUT2D eigenvalue weighted by molar-refractivity contribution is 6.30. The average molecular weight is 298 g/mol. The third kappa shape index (κ3) is 2.61. The standard InChI is InChI=1S/C17H16ClN3/c1-4-15-20-16(11(3)17(18)21-15)13-7-8-14-12(9-13)6-5-10(2)19-14/h5-9H,4H2,1-3H3. The number of nitrogens with zero attached hydrogens (tertiary/aromatic N) is 3. The number of aryl methyl sites for hydroxylation is 2. The van der Waals surface area contributed by atoms with Crippen LogP contribution in [0, 0.1) is 13.8 Å². The van der Waals surface area contributed by atoms with E-state index < -0.39 is 0 Å². The molecule has 0 radical (unpaired) electrons.